The van der Waals surface area contributed by atoms with Crippen molar-refractivity contribution in [3.8, 4) is 0 Å². The molecule has 0 spiro atoms. The highest BCUT2D eigenvalue weighted by atomic mass is 16.7. The van der Waals surface area contributed by atoms with Gasteiger partial charge in [-0.2, -0.15) is 0 Å². The fraction of sp³-hybridized carbons (Fsp3) is 0.932. The first-order chi connectivity index (χ1) is 26.3. The summed E-state index contributed by atoms with van der Waals surface area (Å²) in [5.41, 5.74) is 0. The van der Waals surface area contributed by atoms with Gasteiger partial charge in [-0.05, 0) is 38.5 Å². The molecule has 1 heterocycles. The molecule has 54 heavy (non-hydrogen) atoms. The fourth-order valence-electron chi connectivity index (χ4n) is 7.22. The molecule has 0 radical (unpaired) electrons. The molecule has 8 unspecified atom stereocenters. The Morgan fingerprint density at radius 3 is 1.50 bits per heavy atom. The number of rotatable bonds is 37. The summed E-state index contributed by atoms with van der Waals surface area (Å²) in [6.07, 6.45) is 28.3. The van der Waals surface area contributed by atoms with Gasteiger partial charge in [0.15, 0.2) is 6.29 Å². The van der Waals surface area contributed by atoms with E-state index in [1.54, 1.807) is 0 Å². The fourth-order valence-corrected chi connectivity index (χ4v) is 7.22. The minimum atomic E-state index is -1.60. The van der Waals surface area contributed by atoms with Crippen molar-refractivity contribution in [3.63, 3.8) is 0 Å². The maximum Gasteiger partial charge on any atom is 0.249 e. The maximum absolute atomic E-state index is 13.0. The molecule has 0 aromatic carbocycles. The molecule has 1 amide bonds. The minimum Gasteiger partial charge on any atom is -0.394 e. The number of amides is 1. The van der Waals surface area contributed by atoms with Crippen LogP contribution >= 0.6 is 0 Å². The van der Waals surface area contributed by atoms with Crippen LogP contribution in [0.1, 0.15) is 200 Å². The van der Waals surface area contributed by atoms with Crippen LogP contribution in [0.25, 0.3) is 0 Å². The lowest BCUT2D eigenvalue weighted by molar-refractivity contribution is -0.302. The summed E-state index contributed by atoms with van der Waals surface area (Å²) in [7, 11) is 0. The Labute approximate surface area is 329 Å². The van der Waals surface area contributed by atoms with Crippen LogP contribution in [0.2, 0.25) is 0 Å². The van der Waals surface area contributed by atoms with Crippen LogP contribution in [0.5, 0.6) is 0 Å². The lowest BCUT2D eigenvalue weighted by Crippen LogP contribution is -2.60. The van der Waals surface area contributed by atoms with Gasteiger partial charge in [-0.25, -0.2) is 0 Å². The zero-order valence-electron chi connectivity index (χ0n) is 34.6. The summed E-state index contributed by atoms with van der Waals surface area (Å²) in [6, 6.07) is -0.894. The van der Waals surface area contributed by atoms with Gasteiger partial charge in [-0.1, -0.05) is 174 Å². The van der Waals surface area contributed by atoms with Crippen molar-refractivity contribution < 1.29 is 44.9 Å². The van der Waals surface area contributed by atoms with Crippen LogP contribution < -0.4 is 5.32 Å². The maximum atomic E-state index is 13.0. The van der Waals surface area contributed by atoms with Gasteiger partial charge in [0.2, 0.25) is 5.91 Å². The number of carbonyl (C=O) groups excluding carboxylic acids is 1. The average Bonchev–Trinajstić information content (AvgIpc) is 3.17. The van der Waals surface area contributed by atoms with Crippen molar-refractivity contribution in [2.24, 2.45) is 0 Å². The molecule has 1 aliphatic heterocycles. The molecule has 0 saturated carbocycles. The Kier molecular flexibility index (Phi) is 33.1. The normalized spacial score (nSPS) is 22.1. The Hall–Kier alpha value is -1.11. The van der Waals surface area contributed by atoms with E-state index in [0.29, 0.717) is 19.3 Å². The third-order valence-electron chi connectivity index (χ3n) is 11.0. The van der Waals surface area contributed by atoms with E-state index in [0.717, 1.165) is 57.8 Å². The van der Waals surface area contributed by atoms with Gasteiger partial charge < -0.3 is 45.4 Å². The molecule has 8 atom stereocenters. The van der Waals surface area contributed by atoms with E-state index >= 15 is 0 Å². The van der Waals surface area contributed by atoms with Gasteiger partial charge in [0.05, 0.1) is 25.4 Å². The zero-order chi connectivity index (χ0) is 39.7. The van der Waals surface area contributed by atoms with Crippen LogP contribution in [0.15, 0.2) is 12.2 Å². The SMILES string of the molecule is CCCCCCCCCCC/C=C\CCCCCCC(O)C(=O)NC(COC1OC(CO)C(O)C(O)C1O)C(O)CCCCCCCCCCCCCC. The van der Waals surface area contributed by atoms with Crippen molar-refractivity contribution in [1.29, 1.82) is 0 Å². The summed E-state index contributed by atoms with van der Waals surface area (Å²) >= 11 is 0. The Bertz CT molecular complexity index is 875. The van der Waals surface area contributed by atoms with Crippen molar-refractivity contribution in [3.05, 3.63) is 12.2 Å². The van der Waals surface area contributed by atoms with E-state index < -0.39 is 61.5 Å². The summed E-state index contributed by atoms with van der Waals surface area (Å²) in [6.45, 7) is 3.65. The van der Waals surface area contributed by atoms with E-state index in [2.05, 4.69) is 31.3 Å². The number of hydrogen-bond donors (Lipinski definition) is 7. The smallest absolute Gasteiger partial charge is 0.249 e. The lowest BCUT2D eigenvalue weighted by atomic mass is 9.99. The highest BCUT2D eigenvalue weighted by molar-refractivity contribution is 5.80. The van der Waals surface area contributed by atoms with E-state index in [4.69, 9.17) is 9.47 Å². The molecule has 0 bridgehead atoms. The van der Waals surface area contributed by atoms with Crippen molar-refractivity contribution >= 4 is 5.91 Å². The number of allylic oxidation sites excluding steroid dienone is 2. The second kappa shape index (κ2) is 35.1. The molecule has 0 aliphatic carbocycles. The van der Waals surface area contributed by atoms with Gasteiger partial charge >= 0.3 is 0 Å². The molecule has 1 saturated heterocycles. The predicted molar refractivity (Wildman–Crippen MR) is 218 cm³/mol. The highest BCUT2D eigenvalue weighted by Crippen LogP contribution is 2.23. The first kappa shape index (κ1) is 50.9. The molecule has 1 rings (SSSR count). The first-order valence-electron chi connectivity index (χ1n) is 22.5. The van der Waals surface area contributed by atoms with E-state index in [-0.39, 0.29) is 6.61 Å². The quantitative estimate of drug-likeness (QED) is 0.0245. The average molecular weight is 772 g/mol. The number of ether oxygens (including phenoxy) is 2. The summed E-state index contributed by atoms with van der Waals surface area (Å²) in [5.74, 6) is -0.592. The minimum absolute atomic E-state index is 0.257. The summed E-state index contributed by atoms with van der Waals surface area (Å²) < 4.78 is 11.2. The van der Waals surface area contributed by atoms with Crippen LogP contribution in [-0.4, -0.2) is 98.7 Å². The number of carbonyl (C=O) groups is 1. The Balaban J connectivity index is 2.40. The standard InChI is InChI=1S/C44H85NO9/c1-3-5-7-9-11-13-15-17-18-19-20-21-23-25-27-29-31-33-38(48)43(52)45-36(35-53-44-42(51)41(50)40(49)39(34-46)54-44)37(47)32-30-28-26-24-22-16-14-12-10-8-6-4-2/h20-21,36-42,44,46-51H,3-19,22-35H2,1-2H3,(H,45,52)/b21-20-. The van der Waals surface area contributed by atoms with Crippen molar-refractivity contribution in [1.82, 2.24) is 5.32 Å². The largest absolute Gasteiger partial charge is 0.394 e. The lowest BCUT2D eigenvalue weighted by Gasteiger charge is -2.40. The molecule has 1 fully saturated rings. The molecule has 320 valence electrons. The summed E-state index contributed by atoms with van der Waals surface area (Å²) in [4.78, 5) is 13.0. The molecule has 7 N–H and O–H groups in total. The molecule has 10 heteroatoms. The summed E-state index contributed by atoms with van der Waals surface area (Å²) in [5, 5.41) is 64.7. The predicted octanol–water partition coefficient (Wildman–Crippen LogP) is 7.92. The zero-order valence-corrected chi connectivity index (χ0v) is 34.6. The van der Waals surface area contributed by atoms with Crippen LogP contribution in [0.3, 0.4) is 0 Å². The van der Waals surface area contributed by atoms with Gasteiger partial charge in [-0.15, -0.1) is 0 Å². The number of aliphatic hydroxyl groups excluding tert-OH is 6. The molecule has 10 nitrogen and oxygen atoms in total. The van der Waals surface area contributed by atoms with Gasteiger partial charge in [-0.3, -0.25) is 4.79 Å². The molecular weight excluding hydrogens is 686 g/mol. The number of aliphatic hydroxyl groups is 6. The van der Waals surface area contributed by atoms with Crippen molar-refractivity contribution in [2.75, 3.05) is 13.2 Å². The number of unbranched alkanes of at least 4 members (excludes halogenated alkanes) is 24. The monoisotopic (exact) mass is 772 g/mol. The van der Waals surface area contributed by atoms with Crippen LogP contribution in [0.4, 0.5) is 0 Å². The topological polar surface area (TPSA) is 169 Å². The van der Waals surface area contributed by atoms with Gasteiger partial charge in [0, 0.05) is 0 Å². The van der Waals surface area contributed by atoms with Gasteiger partial charge in [0.1, 0.15) is 30.5 Å². The number of hydrogen-bond acceptors (Lipinski definition) is 9. The third-order valence-corrected chi connectivity index (χ3v) is 11.0. The molecular formula is C44H85NO9. The van der Waals surface area contributed by atoms with Crippen LogP contribution in [-0.2, 0) is 14.3 Å². The van der Waals surface area contributed by atoms with E-state index in [9.17, 15) is 35.4 Å². The Morgan fingerprint density at radius 1 is 0.611 bits per heavy atom. The highest BCUT2D eigenvalue weighted by Gasteiger charge is 2.44. The van der Waals surface area contributed by atoms with E-state index in [1.165, 1.54) is 109 Å². The van der Waals surface area contributed by atoms with Crippen molar-refractivity contribution in [2.45, 2.75) is 249 Å². The third kappa shape index (κ3) is 25.2. The first-order valence-corrected chi connectivity index (χ1v) is 22.5. The van der Waals surface area contributed by atoms with E-state index in [1.807, 2.05) is 0 Å². The molecule has 0 aromatic heterocycles. The molecule has 0 aromatic rings. The van der Waals surface area contributed by atoms with Crippen LogP contribution in [0, 0.1) is 0 Å². The second-order valence-electron chi connectivity index (χ2n) is 16.0. The second-order valence-corrected chi connectivity index (χ2v) is 16.0. The molecule has 1 aliphatic rings. The number of nitrogens with one attached hydrogen (secondary N) is 1. The Morgan fingerprint density at radius 2 is 1.04 bits per heavy atom. The van der Waals surface area contributed by atoms with Gasteiger partial charge in [0.25, 0.3) is 0 Å².